The standard InChI is InChI=1S/C16H23ClN2O3S/c1-23(21,22)19(15-4-2-3-5-15)12-16(20)18-11-10-13-6-8-14(17)9-7-13/h6-9,15H,2-5,10-12H2,1H3,(H,18,20). The molecule has 1 aliphatic carbocycles. The van der Waals surface area contributed by atoms with Crippen LogP contribution < -0.4 is 5.32 Å². The molecule has 0 aromatic heterocycles. The summed E-state index contributed by atoms with van der Waals surface area (Å²) < 4.78 is 25.2. The molecule has 1 amide bonds. The minimum atomic E-state index is -3.37. The van der Waals surface area contributed by atoms with Gasteiger partial charge in [0.05, 0.1) is 12.8 Å². The zero-order chi connectivity index (χ0) is 16.9. The Morgan fingerprint density at radius 1 is 1.26 bits per heavy atom. The van der Waals surface area contributed by atoms with Gasteiger partial charge in [-0.05, 0) is 37.0 Å². The Labute approximate surface area is 143 Å². The van der Waals surface area contributed by atoms with Gasteiger partial charge >= 0.3 is 0 Å². The van der Waals surface area contributed by atoms with Gasteiger partial charge in [0.1, 0.15) is 0 Å². The molecule has 0 heterocycles. The molecule has 1 saturated carbocycles. The molecule has 0 atom stereocenters. The molecule has 1 fully saturated rings. The molecule has 128 valence electrons. The summed E-state index contributed by atoms with van der Waals surface area (Å²) in [5, 5.41) is 3.47. The second-order valence-corrected chi connectivity index (χ2v) is 8.34. The van der Waals surface area contributed by atoms with Crippen molar-refractivity contribution in [3.8, 4) is 0 Å². The lowest BCUT2D eigenvalue weighted by Gasteiger charge is -2.25. The summed E-state index contributed by atoms with van der Waals surface area (Å²) in [7, 11) is -3.37. The number of rotatable bonds is 7. The van der Waals surface area contributed by atoms with E-state index in [4.69, 9.17) is 11.6 Å². The van der Waals surface area contributed by atoms with Crippen LogP contribution in [-0.2, 0) is 21.2 Å². The van der Waals surface area contributed by atoms with Crippen molar-refractivity contribution in [2.24, 2.45) is 0 Å². The number of sulfonamides is 1. The van der Waals surface area contributed by atoms with Crippen LogP contribution in [0.15, 0.2) is 24.3 Å². The average molecular weight is 359 g/mol. The summed E-state index contributed by atoms with van der Waals surface area (Å²) in [6.07, 6.45) is 5.58. The quantitative estimate of drug-likeness (QED) is 0.812. The van der Waals surface area contributed by atoms with Gasteiger partial charge in [-0.1, -0.05) is 36.6 Å². The lowest BCUT2D eigenvalue weighted by molar-refractivity contribution is -0.121. The van der Waals surface area contributed by atoms with Crippen LogP contribution in [-0.4, -0.2) is 44.0 Å². The number of halogens is 1. The molecule has 2 rings (SSSR count). The first-order valence-corrected chi connectivity index (χ1v) is 10.1. The van der Waals surface area contributed by atoms with E-state index in [0.29, 0.717) is 18.0 Å². The Morgan fingerprint density at radius 2 is 1.87 bits per heavy atom. The molecule has 1 aromatic rings. The molecule has 0 radical (unpaired) electrons. The zero-order valence-corrected chi connectivity index (χ0v) is 14.9. The highest BCUT2D eigenvalue weighted by atomic mass is 35.5. The predicted molar refractivity (Wildman–Crippen MR) is 92.0 cm³/mol. The van der Waals surface area contributed by atoms with Gasteiger partial charge in [0, 0.05) is 17.6 Å². The van der Waals surface area contributed by atoms with Gasteiger partial charge in [-0.2, -0.15) is 4.31 Å². The third-order valence-electron chi connectivity index (χ3n) is 4.11. The number of nitrogens with one attached hydrogen (secondary N) is 1. The molecule has 1 N–H and O–H groups in total. The van der Waals surface area contributed by atoms with Crippen LogP contribution in [0.3, 0.4) is 0 Å². The van der Waals surface area contributed by atoms with Crippen LogP contribution in [0.2, 0.25) is 5.02 Å². The first kappa shape index (κ1) is 18.2. The number of benzene rings is 1. The Hall–Kier alpha value is -1.11. The number of hydrogen-bond acceptors (Lipinski definition) is 3. The molecular formula is C16H23ClN2O3S. The van der Waals surface area contributed by atoms with Crippen LogP contribution in [0.5, 0.6) is 0 Å². The Morgan fingerprint density at radius 3 is 2.43 bits per heavy atom. The van der Waals surface area contributed by atoms with Crippen LogP contribution in [0.4, 0.5) is 0 Å². The highest BCUT2D eigenvalue weighted by Gasteiger charge is 2.30. The fourth-order valence-corrected chi connectivity index (χ4v) is 4.13. The minimum Gasteiger partial charge on any atom is -0.355 e. The van der Waals surface area contributed by atoms with E-state index in [1.165, 1.54) is 10.6 Å². The number of hydrogen-bond donors (Lipinski definition) is 1. The van der Waals surface area contributed by atoms with E-state index in [0.717, 1.165) is 31.2 Å². The van der Waals surface area contributed by atoms with Crippen LogP contribution in [0, 0.1) is 0 Å². The van der Waals surface area contributed by atoms with E-state index in [-0.39, 0.29) is 18.5 Å². The molecule has 0 aliphatic heterocycles. The Bertz CT molecular complexity index is 625. The smallest absolute Gasteiger partial charge is 0.235 e. The average Bonchev–Trinajstić information content (AvgIpc) is 2.99. The van der Waals surface area contributed by atoms with Crippen molar-refractivity contribution >= 4 is 27.5 Å². The van der Waals surface area contributed by atoms with Gasteiger partial charge < -0.3 is 5.32 Å². The molecule has 0 saturated heterocycles. The second kappa shape index (κ2) is 8.13. The summed E-state index contributed by atoms with van der Waals surface area (Å²) in [5.41, 5.74) is 1.07. The highest BCUT2D eigenvalue weighted by Crippen LogP contribution is 2.25. The summed E-state index contributed by atoms with van der Waals surface area (Å²) in [5.74, 6) is -0.253. The molecular weight excluding hydrogens is 336 g/mol. The predicted octanol–water partition coefficient (Wildman–Crippen LogP) is 2.20. The third kappa shape index (κ3) is 5.79. The molecule has 5 nitrogen and oxygen atoms in total. The van der Waals surface area contributed by atoms with Crippen molar-refractivity contribution in [1.82, 2.24) is 9.62 Å². The van der Waals surface area contributed by atoms with Gasteiger partial charge in [-0.25, -0.2) is 8.42 Å². The summed E-state index contributed by atoms with van der Waals surface area (Å²) in [6.45, 7) is 0.382. The fourth-order valence-electron chi connectivity index (χ4n) is 2.90. The molecule has 0 spiro atoms. The van der Waals surface area contributed by atoms with Gasteiger partial charge in [-0.15, -0.1) is 0 Å². The van der Waals surface area contributed by atoms with E-state index >= 15 is 0 Å². The molecule has 0 unspecified atom stereocenters. The number of carbonyl (C=O) groups excluding carboxylic acids is 1. The number of amides is 1. The molecule has 1 aromatic carbocycles. The third-order valence-corrected chi connectivity index (χ3v) is 5.64. The Kier molecular flexibility index (Phi) is 6.44. The van der Waals surface area contributed by atoms with E-state index in [9.17, 15) is 13.2 Å². The van der Waals surface area contributed by atoms with Crippen molar-refractivity contribution in [1.29, 1.82) is 0 Å². The van der Waals surface area contributed by atoms with Gasteiger partial charge in [0.25, 0.3) is 0 Å². The van der Waals surface area contributed by atoms with Gasteiger partial charge in [0.2, 0.25) is 15.9 Å². The Balaban J connectivity index is 1.83. The van der Waals surface area contributed by atoms with E-state index in [1.54, 1.807) is 0 Å². The lowest BCUT2D eigenvalue weighted by atomic mass is 10.1. The maximum Gasteiger partial charge on any atom is 0.235 e. The van der Waals surface area contributed by atoms with Crippen LogP contribution >= 0.6 is 11.6 Å². The maximum absolute atomic E-state index is 12.1. The normalized spacial score (nSPS) is 16.0. The summed E-state index contributed by atoms with van der Waals surface area (Å²) in [6, 6.07) is 7.41. The molecule has 23 heavy (non-hydrogen) atoms. The fraction of sp³-hybridized carbons (Fsp3) is 0.562. The highest BCUT2D eigenvalue weighted by molar-refractivity contribution is 7.88. The van der Waals surface area contributed by atoms with E-state index < -0.39 is 10.0 Å². The topological polar surface area (TPSA) is 66.5 Å². The van der Waals surface area contributed by atoms with E-state index in [1.807, 2.05) is 24.3 Å². The molecule has 1 aliphatic rings. The van der Waals surface area contributed by atoms with Crippen molar-refractivity contribution in [3.05, 3.63) is 34.9 Å². The molecule has 0 bridgehead atoms. The van der Waals surface area contributed by atoms with Crippen LogP contribution in [0.1, 0.15) is 31.2 Å². The van der Waals surface area contributed by atoms with E-state index in [2.05, 4.69) is 5.32 Å². The van der Waals surface area contributed by atoms with Gasteiger partial charge in [-0.3, -0.25) is 4.79 Å². The van der Waals surface area contributed by atoms with Gasteiger partial charge in [0.15, 0.2) is 0 Å². The lowest BCUT2D eigenvalue weighted by Crippen LogP contribution is -2.45. The number of carbonyl (C=O) groups is 1. The zero-order valence-electron chi connectivity index (χ0n) is 13.3. The van der Waals surface area contributed by atoms with Crippen molar-refractivity contribution in [2.75, 3.05) is 19.3 Å². The molecule has 7 heteroatoms. The second-order valence-electron chi connectivity index (χ2n) is 5.97. The summed E-state index contributed by atoms with van der Waals surface area (Å²) in [4.78, 5) is 12.1. The first-order chi connectivity index (χ1) is 10.9. The largest absolute Gasteiger partial charge is 0.355 e. The first-order valence-electron chi connectivity index (χ1n) is 7.84. The SMILES string of the molecule is CS(=O)(=O)N(CC(=O)NCCc1ccc(Cl)cc1)C1CCCC1. The van der Waals surface area contributed by atoms with Crippen molar-refractivity contribution < 1.29 is 13.2 Å². The van der Waals surface area contributed by atoms with Crippen molar-refractivity contribution in [3.63, 3.8) is 0 Å². The monoisotopic (exact) mass is 358 g/mol. The minimum absolute atomic E-state index is 0.0352. The maximum atomic E-state index is 12.1. The van der Waals surface area contributed by atoms with Crippen molar-refractivity contribution in [2.45, 2.75) is 38.1 Å². The summed E-state index contributed by atoms with van der Waals surface area (Å²) >= 11 is 5.83. The number of nitrogens with zero attached hydrogens (tertiary/aromatic N) is 1. The van der Waals surface area contributed by atoms with Crippen LogP contribution in [0.25, 0.3) is 0 Å².